The Balaban J connectivity index is 1.65. The highest BCUT2D eigenvalue weighted by Crippen LogP contribution is 2.25. The van der Waals surface area contributed by atoms with Crippen molar-refractivity contribution in [1.82, 2.24) is 20.2 Å². The molecular formula is C21H24F5N5O2. The summed E-state index contributed by atoms with van der Waals surface area (Å²) in [5.74, 6) is -0.134. The summed E-state index contributed by atoms with van der Waals surface area (Å²) in [5, 5.41) is 5.13. The second kappa shape index (κ2) is 10.2. The Hall–Kier alpha value is -3.18. The first-order chi connectivity index (χ1) is 15.6. The van der Waals surface area contributed by atoms with Crippen LogP contribution in [0.5, 0.6) is 5.75 Å². The molecule has 1 aliphatic rings. The van der Waals surface area contributed by atoms with E-state index in [2.05, 4.69) is 25.3 Å². The summed E-state index contributed by atoms with van der Waals surface area (Å²) in [7, 11) is 0. The minimum absolute atomic E-state index is 0.0199. The van der Waals surface area contributed by atoms with Gasteiger partial charge in [-0.25, -0.2) is 14.8 Å². The largest absolute Gasteiger partial charge is 0.435 e. The molecule has 0 fully saturated rings. The third-order valence-corrected chi connectivity index (χ3v) is 5.28. The number of rotatable bonds is 7. The minimum Gasteiger partial charge on any atom is -0.435 e. The molecule has 1 aromatic heterocycles. The molecule has 33 heavy (non-hydrogen) atoms. The summed E-state index contributed by atoms with van der Waals surface area (Å²) in [5.41, 5.74) is 1.97. The van der Waals surface area contributed by atoms with Crippen LogP contribution in [0.15, 0.2) is 30.5 Å². The Morgan fingerprint density at radius 2 is 1.94 bits per heavy atom. The van der Waals surface area contributed by atoms with E-state index in [4.69, 9.17) is 0 Å². The number of urea groups is 1. The van der Waals surface area contributed by atoms with Crippen LogP contribution in [0.3, 0.4) is 0 Å². The molecule has 0 saturated heterocycles. The summed E-state index contributed by atoms with van der Waals surface area (Å²) in [6.07, 6.45) is -1.95. The van der Waals surface area contributed by atoms with Gasteiger partial charge in [0.05, 0.1) is 18.3 Å². The maximum absolute atomic E-state index is 12.8. The van der Waals surface area contributed by atoms with E-state index in [1.54, 1.807) is 12.1 Å². The summed E-state index contributed by atoms with van der Waals surface area (Å²) in [4.78, 5) is 22.5. The fraction of sp³-hybridized carbons (Fsp3) is 0.476. The van der Waals surface area contributed by atoms with Gasteiger partial charge in [0.2, 0.25) is 5.95 Å². The maximum atomic E-state index is 12.8. The Bertz CT molecular complexity index is 955. The fourth-order valence-electron chi connectivity index (χ4n) is 3.36. The number of aromatic nitrogens is 2. The van der Waals surface area contributed by atoms with Crippen LogP contribution in [0, 0.1) is 0 Å². The zero-order valence-electron chi connectivity index (χ0n) is 18.0. The van der Waals surface area contributed by atoms with Gasteiger partial charge in [0.25, 0.3) is 0 Å². The van der Waals surface area contributed by atoms with Gasteiger partial charge in [0.15, 0.2) is 0 Å². The van der Waals surface area contributed by atoms with E-state index >= 15 is 0 Å². The van der Waals surface area contributed by atoms with Crippen molar-refractivity contribution in [2.75, 3.05) is 11.9 Å². The van der Waals surface area contributed by atoms with Crippen molar-refractivity contribution in [3.63, 3.8) is 0 Å². The first-order valence-corrected chi connectivity index (χ1v) is 10.3. The number of benzene rings is 1. The third-order valence-electron chi connectivity index (χ3n) is 5.28. The summed E-state index contributed by atoms with van der Waals surface area (Å²) in [6, 6.07) is 3.46. The molecule has 0 spiro atoms. The summed E-state index contributed by atoms with van der Waals surface area (Å²) in [6.45, 7) is 0.435. The lowest BCUT2D eigenvalue weighted by atomic mass is 10.0. The Morgan fingerprint density at radius 1 is 1.24 bits per heavy atom. The zero-order valence-corrected chi connectivity index (χ0v) is 18.0. The first-order valence-electron chi connectivity index (χ1n) is 10.3. The zero-order chi connectivity index (χ0) is 24.2. The molecule has 1 aromatic carbocycles. The second-order valence-electron chi connectivity index (χ2n) is 7.60. The van der Waals surface area contributed by atoms with E-state index in [9.17, 15) is 26.7 Å². The molecule has 0 bridgehead atoms. The maximum Gasteiger partial charge on any atom is 0.408 e. The molecule has 2 atom stereocenters. The van der Waals surface area contributed by atoms with Gasteiger partial charge in [-0.2, -0.15) is 22.0 Å². The number of halogens is 5. The fourth-order valence-corrected chi connectivity index (χ4v) is 3.36. The number of nitrogens with zero attached hydrogens (tertiary/aromatic N) is 3. The number of anilines is 1. The number of carbonyl (C=O) groups is 1. The second-order valence-corrected chi connectivity index (χ2v) is 7.60. The van der Waals surface area contributed by atoms with E-state index < -0.39 is 18.8 Å². The van der Waals surface area contributed by atoms with Crippen LogP contribution in [0.2, 0.25) is 0 Å². The highest BCUT2D eigenvalue weighted by molar-refractivity contribution is 5.75. The molecule has 0 radical (unpaired) electrons. The number of hydrogen-bond acceptors (Lipinski definition) is 5. The van der Waals surface area contributed by atoms with E-state index in [1.807, 2.05) is 6.92 Å². The van der Waals surface area contributed by atoms with Crippen molar-refractivity contribution in [2.45, 2.75) is 58.1 Å². The van der Waals surface area contributed by atoms with Gasteiger partial charge in [0.1, 0.15) is 11.8 Å². The SMILES string of the molecule is CC[C@@H](NC(=O)N1CCc2cnc(N[C@@H](C)C(F)(F)F)nc2C1)c1ccc(OC(F)F)cc1. The van der Waals surface area contributed by atoms with Crippen LogP contribution in [-0.2, 0) is 13.0 Å². The molecule has 180 valence electrons. The summed E-state index contributed by atoms with van der Waals surface area (Å²) < 4.78 is 67.4. The molecule has 2 aromatic rings. The van der Waals surface area contributed by atoms with Gasteiger partial charge in [-0.05, 0) is 43.0 Å². The van der Waals surface area contributed by atoms with Crippen molar-refractivity contribution in [1.29, 1.82) is 0 Å². The normalized spacial score (nSPS) is 15.6. The van der Waals surface area contributed by atoms with Gasteiger partial charge >= 0.3 is 18.8 Å². The molecule has 7 nitrogen and oxygen atoms in total. The predicted octanol–water partition coefficient (Wildman–Crippen LogP) is 4.66. The molecule has 2 amide bonds. The highest BCUT2D eigenvalue weighted by Gasteiger charge is 2.36. The first kappa shape index (κ1) is 24.5. The molecule has 0 unspecified atom stereocenters. The van der Waals surface area contributed by atoms with Crippen molar-refractivity contribution < 1.29 is 31.5 Å². The van der Waals surface area contributed by atoms with Crippen molar-refractivity contribution in [3.8, 4) is 5.75 Å². The number of carbonyl (C=O) groups excluding carboxylic acids is 1. The highest BCUT2D eigenvalue weighted by atomic mass is 19.4. The molecule has 3 rings (SSSR count). The van der Waals surface area contributed by atoms with Gasteiger partial charge in [-0.1, -0.05) is 19.1 Å². The van der Waals surface area contributed by atoms with E-state index in [0.717, 1.165) is 18.1 Å². The quantitative estimate of drug-likeness (QED) is 0.572. The van der Waals surface area contributed by atoms with Crippen molar-refractivity contribution in [2.24, 2.45) is 0 Å². The van der Waals surface area contributed by atoms with Crippen molar-refractivity contribution in [3.05, 3.63) is 47.3 Å². The average molecular weight is 473 g/mol. The van der Waals surface area contributed by atoms with Crippen LogP contribution in [0.4, 0.5) is 32.7 Å². The lowest BCUT2D eigenvalue weighted by molar-refractivity contribution is -0.138. The van der Waals surface area contributed by atoms with E-state index in [1.165, 1.54) is 23.2 Å². The van der Waals surface area contributed by atoms with Gasteiger partial charge in [-0.3, -0.25) is 0 Å². The third kappa shape index (κ3) is 6.42. The topological polar surface area (TPSA) is 79.4 Å². The Morgan fingerprint density at radius 3 is 2.55 bits per heavy atom. The molecular weight excluding hydrogens is 449 g/mol. The molecule has 2 N–H and O–H groups in total. The monoisotopic (exact) mass is 473 g/mol. The number of nitrogens with one attached hydrogen (secondary N) is 2. The molecule has 0 saturated carbocycles. The summed E-state index contributed by atoms with van der Waals surface area (Å²) >= 11 is 0. The van der Waals surface area contributed by atoms with E-state index in [0.29, 0.717) is 25.1 Å². The lowest BCUT2D eigenvalue weighted by Crippen LogP contribution is -2.44. The molecule has 1 aliphatic heterocycles. The van der Waals surface area contributed by atoms with Crippen LogP contribution in [0.25, 0.3) is 0 Å². The number of hydrogen-bond donors (Lipinski definition) is 2. The van der Waals surface area contributed by atoms with Crippen LogP contribution in [0.1, 0.15) is 43.1 Å². The van der Waals surface area contributed by atoms with Gasteiger partial charge in [-0.15, -0.1) is 0 Å². The van der Waals surface area contributed by atoms with Crippen LogP contribution in [-0.4, -0.2) is 46.3 Å². The smallest absolute Gasteiger partial charge is 0.408 e. The molecule has 2 heterocycles. The standard InChI is InChI=1S/C21H24F5N5O2/c1-3-16(13-4-6-15(7-5-13)33-18(22)23)30-20(32)31-9-8-14-10-27-19(29-17(14)11-31)28-12(2)21(24,25)26/h4-7,10,12,16,18H,3,8-9,11H2,1-2H3,(H,30,32)(H,27,28,29)/t12-,16+/m0/s1. The Kier molecular flexibility index (Phi) is 7.54. The number of ether oxygens (including phenoxy) is 1. The van der Waals surface area contributed by atoms with E-state index in [-0.39, 0.29) is 30.3 Å². The number of alkyl halides is 5. The molecule has 12 heteroatoms. The predicted molar refractivity (Wildman–Crippen MR) is 110 cm³/mol. The minimum atomic E-state index is -4.44. The average Bonchev–Trinajstić information content (AvgIpc) is 2.76. The number of fused-ring (bicyclic) bond motifs is 1. The van der Waals surface area contributed by atoms with Gasteiger partial charge in [0, 0.05) is 12.7 Å². The molecule has 0 aliphatic carbocycles. The van der Waals surface area contributed by atoms with Crippen LogP contribution < -0.4 is 15.4 Å². The lowest BCUT2D eigenvalue weighted by Gasteiger charge is -2.30. The Labute approximate surface area is 187 Å². The van der Waals surface area contributed by atoms with Crippen LogP contribution >= 0.6 is 0 Å². The van der Waals surface area contributed by atoms with Crippen molar-refractivity contribution >= 4 is 12.0 Å². The number of amides is 2. The van der Waals surface area contributed by atoms with Gasteiger partial charge < -0.3 is 20.3 Å².